The highest BCUT2D eigenvalue weighted by atomic mass is 16.5. The van der Waals surface area contributed by atoms with Crippen LogP contribution >= 0.6 is 0 Å². The van der Waals surface area contributed by atoms with E-state index in [0.29, 0.717) is 12.2 Å². The summed E-state index contributed by atoms with van der Waals surface area (Å²) in [5, 5.41) is 8.75. The van der Waals surface area contributed by atoms with Crippen LogP contribution in [0.1, 0.15) is 24.8 Å². The summed E-state index contributed by atoms with van der Waals surface area (Å²) in [6.07, 6.45) is 3.64. The van der Waals surface area contributed by atoms with Gasteiger partial charge in [-0.05, 0) is 37.5 Å². The molecule has 1 atom stereocenters. The van der Waals surface area contributed by atoms with E-state index in [1.807, 2.05) is 12.1 Å². The summed E-state index contributed by atoms with van der Waals surface area (Å²) in [5.74, 6) is 0.744. The fourth-order valence-corrected chi connectivity index (χ4v) is 1.78. The third-order valence-electron chi connectivity index (χ3n) is 2.67. The van der Waals surface area contributed by atoms with Gasteiger partial charge in [-0.3, -0.25) is 0 Å². The van der Waals surface area contributed by atoms with E-state index >= 15 is 0 Å². The van der Waals surface area contributed by atoms with Gasteiger partial charge >= 0.3 is 0 Å². The quantitative estimate of drug-likeness (QED) is 0.781. The Balaban J connectivity index is 1.86. The lowest BCUT2D eigenvalue weighted by atomic mass is 10.1. The Morgan fingerprint density at radius 3 is 3.12 bits per heavy atom. The number of hydrogen-bond donors (Lipinski definition) is 0. The number of nitriles is 1. The monoisotopic (exact) mass is 217 g/mol. The fraction of sp³-hybridized carbons (Fsp3) is 0.462. The van der Waals surface area contributed by atoms with Crippen LogP contribution in [0.15, 0.2) is 24.3 Å². The van der Waals surface area contributed by atoms with Gasteiger partial charge in [0.25, 0.3) is 0 Å². The second kappa shape index (κ2) is 5.53. The van der Waals surface area contributed by atoms with Crippen LogP contribution in [0.3, 0.4) is 0 Å². The first kappa shape index (κ1) is 11.0. The Kier molecular flexibility index (Phi) is 3.79. The zero-order valence-corrected chi connectivity index (χ0v) is 9.19. The predicted octanol–water partition coefficient (Wildman–Crippen LogP) is 2.51. The van der Waals surface area contributed by atoms with Gasteiger partial charge in [-0.25, -0.2) is 0 Å². The van der Waals surface area contributed by atoms with Crippen LogP contribution in [0.4, 0.5) is 0 Å². The van der Waals surface area contributed by atoms with Crippen LogP contribution in [-0.2, 0) is 4.74 Å². The molecule has 0 radical (unpaired) electrons. The molecule has 16 heavy (non-hydrogen) atoms. The Labute approximate surface area is 95.6 Å². The number of rotatable bonds is 3. The zero-order valence-electron chi connectivity index (χ0n) is 9.19. The number of hydrogen-bond acceptors (Lipinski definition) is 3. The van der Waals surface area contributed by atoms with Gasteiger partial charge in [0, 0.05) is 6.61 Å². The van der Waals surface area contributed by atoms with Crippen molar-refractivity contribution in [2.75, 3.05) is 13.2 Å². The molecule has 1 aromatic carbocycles. The molecule has 2 rings (SSSR count). The standard InChI is InChI=1S/C13H15NO2/c14-9-11-4-3-6-12(8-11)16-10-13-5-1-2-7-15-13/h3-4,6,8,13H,1-2,5,7,10H2/t13-/m0/s1. The summed E-state index contributed by atoms with van der Waals surface area (Å²) in [7, 11) is 0. The Bertz CT molecular complexity index is 378. The van der Waals surface area contributed by atoms with Gasteiger partial charge in [0.15, 0.2) is 0 Å². The second-order valence-electron chi connectivity index (χ2n) is 3.94. The lowest BCUT2D eigenvalue weighted by molar-refractivity contribution is -0.0110. The molecule has 1 aliphatic heterocycles. The number of ether oxygens (including phenoxy) is 2. The van der Waals surface area contributed by atoms with E-state index in [1.54, 1.807) is 12.1 Å². The average molecular weight is 217 g/mol. The van der Waals surface area contributed by atoms with Crippen molar-refractivity contribution in [1.29, 1.82) is 5.26 Å². The van der Waals surface area contributed by atoms with Gasteiger partial charge in [0.1, 0.15) is 12.4 Å². The van der Waals surface area contributed by atoms with Crippen molar-refractivity contribution in [2.45, 2.75) is 25.4 Å². The summed E-state index contributed by atoms with van der Waals surface area (Å²) in [5.41, 5.74) is 0.627. The van der Waals surface area contributed by atoms with Crippen molar-refractivity contribution in [2.24, 2.45) is 0 Å². The minimum Gasteiger partial charge on any atom is -0.491 e. The molecule has 0 bridgehead atoms. The highest BCUT2D eigenvalue weighted by molar-refractivity contribution is 5.36. The van der Waals surface area contributed by atoms with Crippen molar-refractivity contribution < 1.29 is 9.47 Å². The van der Waals surface area contributed by atoms with Crippen LogP contribution in [0, 0.1) is 11.3 Å². The average Bonchev–Trinajstić information content (AvgIpc) is 2.38. The molecule has 0 amide bonds. The first-order valence-electron chi connectivity index (χ1n) is 5.63. The highest BCUT2D eigenvalue weighted by Gasteiger charge is 2.14. The zero-order chi connectivity index (χ0) is 11.2. The van der Waals surface area contributed by atoms with E-state index in [0.717, 1.165) is 25.2 Å². The van der Waals surface area contributed by atoms with E-state index in [9.17, 15) is 0 Å². The molecule has 84 valence electrons. The van der Waals surface area contributed by atoms with Crippen molar-refractivity contribution in [3.8, 4) is 11.8 Å². The third kappa shape index (κ3) is 2.98. The molecule has 1 saturated heterocycles. The molecule has 0 saturated carbocycles. The largest absolute Gasteiger partial charge is 0.491 e. The van der Waals surface area contributed by atoms with Gasteiger partial charge in [0.2, 0.25) is 0 Å². The molecule has 0 aliphatic carbocycles. The van der Waals surface area contributed by atoms with Crippen molar-refractivity contribution in [3.63, 3.8) is 0 Å². The maximum absolute atomic E-state index is 8.75. The highest BCUT2D eigenvalue weighted by Crippen LogP contribution is 2.16. The van der Waals surface area contributed by atoms with Crippen molar-refractivity contribution in [1.82, 2.24) is 0 Å². The van der Waals surface area contributed by atoms with Gasteiger partial charge in [0.05, 0.1) is 17.7 Å². The van der Waals surface area contributed by atoms with Crippen LogP contribution in [0.25, 0.3) is 0 Å². The minimum atomic E-state index is 0.208. The summed E-state index contributed by atoms with van der Waals surface area (Å²) < 4.78 is 11.2. The molecular formula is C13H15NO2. The van der Waals surface area contributed by atoms with Crippen molar-refractivity contribution >= 4 is 0 Å². The van der Waals surface area contributed by atoms with Crippen LogP contribution in [0.5, 0.6) is 5.75 Å². The topological polar surface area (TPSA) is 42.2 Å². The SMILES string of the molecule is N#Cc1cccc(OC[C@@H]2CCCCO2)c1. The first-order valence-corrected chi connectivity index (χ1v) is 5.63. The Morgan fingerprint density at radius 2 is 2.38 bits per heavy atom. The molecule has 1 aromatic rings. The fourth-order valence-electron chi connectivity index (χ4n) is 1.78. The first-order chi connectivity index (χ1) is 7.88. The maximum atomic E-state index is 8.75. The normalized spacial score (nSPS) is 20.1. The lowest BCUT2D eigenvalue weighted by Crippen LogP contribution is -2.25. The summed E-state index contributed by atoms with van der Waals surface area (Å²) in [4.78, 5) is 0. The van der Waals surface area contributed by atoms with Crippen LogP contribution < -0.4 is 4.74 Å². The molecule has 3 heteroatoms. The van der Waals surface area contributed by atoms with E-state index in [1.165, 1.54) is 6.42 Å². The molecule has 0 aromatic heterocycles. The van der Waals surface area contributed by atoms with Gasteiger partial charge < -0.3 is 9.47 Å². The molecule has 0 unspecified atom stereocenters. The molecule has 0 spiro atoms. The van der Waals surface area contributed by atoms with Gasteiger partial charge in [-0.2, -0.15) is 5.26 Å². The van der Waals surface area contributed by atoms with Crippen molar-refractivity contribution in [3.05, 3.63) is 29.8 Å². The van der Waals surface area contributed by atoms with E-state index < -0.39 is 0 Å². The van der Waals surface area contributed by atoms with E-state index in [4.69, 9.17) is 14.7 Å². The van der Waals surface area contributed by atoms with Crippen LogP contribution in [-0.4, -0.2) is 19.3 Å². The maximum Gasteiger partial charge on any atom is 0.120 e. The summed E-state index contributed by atoms with van der Waals surface area (Å²) in [6.45, 7) is 1.42. The van der Waals surface area contributed by atoms with Gasteiger partial charge in [-0.1, -0.05) is 6.07 Å². The smallest absolute Gasteiger partial charge is 0.120 e. The minimum absolute atomic E-state index is 0.208. The molecule has 1 heterocycles. The predicted molar refractivity (Wildman–Crippen MR) is 60.2 cm³/mol. The number of nitrogens with zero attached hydrogens (tertiary/aromatic N) is 1. The lowest BCUT2D eigenvalue weighted by Gasteiger charge is -2.22. The Hall–Kier alpha value is -1.53. The molecular weight excluding hydrogens is 202 g/mol. The second-order valence-corrected chi connectivity index (χ2v) is 3.94. The number of benzene rings is 1. The Morgan fingerprint density at radius 1 is 1.44 bits per heavy atom. The van der Waals surface area contributed by atoms with E-state index in [-0.39, 0.29) is 6.10 Å². The van der Waals surface area contributed by atoms with Gasteiger partial charge in [-0.15, -0.1) is 0 Å². The molecule has 1 aliphatic rings. The molecule has 1 fully saturated rings. The summed E-state index contributed by atoms with van der Waals surface area (Å²) in [6, 6.07) is 9.31. The van der Waals surface area contributed by atoms with E-state index in [2.05, 4.69) is 6.07 Å². The summed E-state index contributed by atoms with van der Waals surface area (Å²) >= 11 is 0. The third-order valence-corrected chi connectivity index (χ3v) is 2.67. The molecule has 3 nitrogen and oxygen atoms in total. The van der Waals surface area contributed by atoms with Crippen LogP contribution in [0.2, 0.25) is 0 Å². The molecule has 0 N–H and O–H groups in total.